The number of aromatic nitrogens is 2. The summed E-state index contributed by atoms with van der Waals surface area (Å²) in [5.74, 6) is -0.359. The van der Waals surface area contributed by atoms with Crippen molar-refractivity contribution in [2.24, 2.45) is 5.73 Å². The van der Waals surface area contributed by atoms with E-state index in [-0.39, 0.29) is 18.1 Å². The molecular formula is C19H28N4O4S. The molecule has 1 amide bonds. The molecule has 0 aliphatic carbocycles. The van der Waals surface area contributed by atoms with Gasteiger partial charge in [-0.15, -0.1) is 11.3 Å². The van der Waals surface area contributed by atoms with Gasteiger partial charge in [-0.1, -0.05) is 6.92 Å². The summed E-state index contributed by atoms with van der Waals surface area (Å²) in [5.41, 5.74) is 5.18. The van der Waals surface area contributed by atoms with Crippen LogP contribution in [0.25, 0.3) is 10.2 Å². The number of nitrogens with one attached hydrogen (secondary N) is 1. The van der Waals surface area contributed by atoms with Gasteiger partial charge in [0.15, 0.2) is 0 Å². The van der Waals surface area contributed by atoms with Gasteiger partial charge in [-0.3, -0.25) is 18.7 Å². The van der Waals surface area contributed by atoms with Crippen molar-refractivity contribution in [3.63, 3.8) is 0 Å². The molecule has 0 atom stereocenters. The molecule has 2 aromatic heterocycles. The van der Waals surface area contributed by atoms with Crippen LogP contribution in [0, 0.1) is 0 Å². The Labute approximate surface area is 167 Å². The van der Waals surface area contributed by atoms with Gasteiger partial charge in [0.1, 0.15) is 11.4 Å². The Balaban J connectivity index is 2.13. The minimum Gasteiger partial charge on any atom is -0.370 e. The number of carbonyl (C=O) groups excluding carboxylic acids is 1. The number of rotatable bonds is 7. The second-order valence-electron chi connectivity index (χ2n) is 7.73. The van der Waals surface area contributed by atoms with Crippen LogP contribution in [0.15, 0.2) is 9.59 Å². The van der Waals surface area contributed by atoms with Gasteiger partial charge < -0.3 is 15.8 Å². The number of hydrogen-bond acceptors (Lipinski definition) is 6. The third-order valence-electron chi connectivity index (χ3n) is 4.89. The molecule has 0 saturated carbocycles. The number of thiophene rings is 1. The molecule has 9 heteroatoms. The lowest BCUT2D eigenvalue weighted by Crippen LogP contribution is -2.44. The average Bonchev–Trinajstić information content (AvgIpc) is 3.00. The molecule has 154 valence electrons. The van der Waals surface area contributed by atoms with Crippen LogP contribution in [0.2, 0.25) is 0 Å². The topological polar surface area (TPSA) is 108 Å². The fourth-order valence-electron chi connectivity index (χ4n) is 3.49. The fourth-order valence-corrected chi connectivity index (χ4v) is 4.73. The van der Waals surface area contributed by atoms with Crippen molar-refractivity contribution in [3.05, 3.63) is 31.3 Å². The molecule has 1 aliphatic rings. The summed E-state index contributed by atoms with van der Waals surface area (Å²) in [6, 6.07) is 0. The van der Waals surface area contributed by atoms with Gasteiger partial charge in [-0.2, -0.15) is 0 Å². The highest BCUT2D eigenvalue weighted by Gasteiger charge is 2.32. The Morgan fingerprint density at radius 1 is 1.32 bits per heavy atom. The summed E-state index contributed by atoms with van der Waals surface area (Å²) in [7, 11) is 0. The maximum Gasteiger partial charge on any atom is 0.332 e. The summed E-state index contributed by atoms with van der Waals surface area (Å²) >= 11 is 1.45. The third kappa shape index (κ3) is 3.92. The van der Waals surface area contributed by atoms with Crippen LogP contribution in [0.1, 0.15) is 44.1 Å². The Morgan fingerprint density at radius 3 is 2.75 bits per heavy atom. The number of nitrogens with two attached hydrogens (primary N) is 1. The first-order valence-corrected chi connectivity index (χ1v) is 10.5. The van der Waals surface area contributed by atoms with Gasteiger partial charge in [0.2, 0.25) is 5.91 Å². The largest absolute Gasteiger partial charge is 0.370 e. The van der Waals surface area contributed by atoms with E-state index in [0.717, 1.165) is 21.4 Å². The van der Waals surface area contributed by atoms with Gasteiger partial charge in [-0.05, 0) is 38.8 Å². The van der Waals surface area contributed by atoms with Crippen molar-refractivity contribution in [1.29, 1.82) is 0 Å². The lowest BCUT2D eigenvalue weighted by Gasteiger charge is -2.29. The van der Waals surface area contributed by atoms with E-state index in [9.17, 15) is 14.4 Å². The van der Waals surface area contributed by atoms with Crippen molar-refractivity contribution >= 4 is 27.5 Å². The highest BCUT2D eigenvalue weighted by Crippen LogP contribution is 2.37. The van der Waals surface area contributed by atoms with Gasteiger partial charge in [0, 0.05) is 24.4 Å². The molecule has 3 N–H and O–H groups in total. The molecule has 0 fully saturated rings. The summed E-state index contributed by atoms with van der Waals surface area (Å²) in [6.07, 6.45) is 2.00. The van der Waals surface area contributed by atoms with Crippen molar-refractivity contribution < 1.29 is 9.53 Å². The molecule has 0 radical (unpaired) electrons. The minimum atomic E-state index is -0.438. The number of carbonyl (C=O) groups is 1. The van der Waals surface area contributed by atoms with E-state index >= 15 is 0 Å². The summed E-state index contributed by atoms with van der Waals surface area (Å²) in [6.45, 7) is 7.49. The van der Waals surface area contributed by atoms with Gasteiger partial charge in [0.25, 0.3) is 5.56 Å². The van der Waals surface area contributed by atoms with Crippen LogP contribution < -0.4 is 22.3 Å². The van der Waals surface area contributed by atoms with E-state index in [1.807, 2.05) is 20.8 Å². The first-order chi connectivity index (χ1) is 13.3. The normalized spacial score (nSPS) is 15.6. The second-order valence-corrected chi connectivity index (χ2v) is 8.81. The highest BCUT2D eigenvalue weighted by atomic mass is 32.1. The Morgan fingerprint density at radius 2 is 2.07 bits per heavy atom. The fraction of sp³-hybridized carbons (Fsp3) is 0.632. The summed E-state index contributed by atoms with van der Waals surface area (Å²) < 4.78 is 8.57. The Kier molecular flexibility index (Phi) is 6.07. The maximum absolute atomic E-state index is 13.2. The molecule has 0 bridgehead atoms. The van der Waals surface area contributed by atoms with Crippen LogP contribution in [0.3, 0.4) is 0 Å². The number of ether oxygens (including phenoxy) is 1. The molecule has 0 saturated heterocycles. The predicted octanol–water partition coefficient (Wildman–Crippen LogP) is 0.951. The lowest BCUT2D eigenvalue weighted by atomic mass is 9.94. The molecule has 3 rings (SSSR count). The zero-order valence-corrected chi connectivity index (χ0v) is 17.5. The zero-order valence-electron chi connectivity index (χ0n) is 16.7. The van der Waals surface area contributed by atoms with E-state index in [1.54, 1.807) is 4.57 Å². The second kappa shape index (κ2) is 8.18. The van der Waals surface area contributed by atoms with E-state index < -0.39 is 11.2 Å². The Hall–Kier alpha value is -1.97. The monoisotopic (exact) mass is 408 g/mol. The van der Waals surface area contributed by atoms with Crippen LogP contribution >= 0.6 is 11.3 Å². The molecule has 0 unspecified atom stereocenters. The standard InChI is InChI=1S/C19H28N4O4S/c1-4-8-22-17-15(12-9-19(2,3)27-11-13(12)28-17)16(25)23(18(22)26)10-14(24)21-7-5-6-20/h4-11,20H2,1-3H3,(H,21,24). The van der Waals surface area contributed by atoms with E-state index in [0.29, 0.717) is 49.3 Å². The minimum absolute atomic E-state index is 0.285. The predicted molar refractivity (Wildman–Crippen MR) is 110 cm³/mol. The Bertz CT molecular complexity index is 1000. The van der Waals surface area contributed by atoms with Gasteiger partial charge in [-0.25, -0.2) is 4.79 Å². The number of aryl methyl sites for hydroxylation is 1. The molecule has 8 nitrogen and oxygen atoms in total. The molecule has 2 aromatic rings. The molecular weight excluding hydrogens is 380 g/mol. The molecule has 3 heterocycles. The quantitative estimate of drug-likeness (QED) is 0.663. The SMILES string of the molecule is CCCn1c(=O)n(CC(=O)NCCCN)c(=O)c2c3c(sc21)COC(C)(C)C3. The van der Waals surface area contributed by atoms with Crippen LogP contribution in [-0.2, 0) is 35.6 Å². The molecule has 0 spiro atoms. The highest BCUT2D eigenvalue weighted by molar-refractivity contribution is 7.18. The number of nitrogens with zero attached hydrogens (tertiary/aromatic N) is 2. The molecule has 28 heavy (non-hydrogen) atoms. The molecule has 1 aliphatic heterocycles. The van der Waals surface area contributed by atoms with Crippen molar-refractivity contribution in [1.82, 2.24) is 14.5 Å². The smallest absolute Gasteiger partial charge is 0.332 e. The number of amides is 1. The first kappa shape index (κ1) is 20.8. The van der Waals surface area contributed by atoms with E-state index in [4.69, 9.17) is 10.5 Å². The van der Waals surface area contributed by atoms with Gasteiger partial charge in [0.05, 0.1) is 17.6 Å². The maximum atomic E-state index is 13.2. The van der Waals surface area contributed by atoms with Crippen LogP contribution in [0.4, 0.5) is 0 Å². The summed E-state index contributed by atoms with van der Waals surface area (Å²) in [4.78, 5) is 40.2. The lowest BCUT2D eigenvalue weighted by molar-refractivity contribution is -0.121. The van der Waals surface area contributed by atoms with E-state index in [2.05, 4.69) is 5.32 Å². The zero-order chi connectivity index (χ0) is 20.5. The van der Waals surface area contributed by atoms with Crippen LogP contribution in [0.5, 0.6) is 0 Å². The van der Waals surface area contributed by atoms with Crippen molar-refractivity contribution in [2.45, 2.75) is 65.3 Å². The summed E-state index contributed by atoms with van der Waals surface area (Å²) in [5, 5.41) is 3.27. The van der Waals surface area contributed by atoms with Crippen LogP contribution in [-0.4, -0.2) is 33.7 Å². The molecule has 0 aromatic carbocycles. The third-order valence-corrected chi connectivity index (χ3v) is 6.12. The van der Waals surface area contributed by atoms with E-state index in [1.165, 1.54) is 11.3 Å². The number of fused-ring (bicyclic) bond motifs is 3. The number of hydrogen-bond donors (Lipinski definition) is 2. The van der Waals surface area contributed by atoms with Crippen molar-refractivity contribution in [2.75, 3.05) is 13.1 Å². The van der Waals surface area contributed by atoms with Gasteiger partial charge >= 0.3 is 5.69 Å². The average molecular weight is 409 g/mol. The van der Waals surface area contributed by atoms with Crippen molar-refractivity contribution in [3.8, 4) is 0 Å². The first-order valence-electron chi connectivity index (χ1n) is 9.67.